The second kappa shape index (κ2) is 10.4. The summed E-state index contributed by atoms with van der Waals surface area (Å²) in [5, 5.41) is 20.7. The fraction of sp³-hybridized carbons (Fsp3) is 0.0357. The summed E-state index contributed by atoms with van der Waals surface area (Å²) in [6.45, 7) is -0.0314. The quantitative estimate of drug-likeness (QED) is 0.266. The number of carbonyl (C=O) groups excluding carboxylic acids is 1. The van der Waals surface area contributed by atoms with E-state index in [-0.39, 0.29) is 12.5 Å². The minimum atomic E-state index is -0.186. The number of benzene rings is 3. The molecule has 0 fully saturated rings. The Morgan fingerprint density at radius 3 is 2.60 bits per heavy atom. The number of aromatic nitrogens is 3. The van der Waals surface area contributed by atoms with Crippen LogP contribution in [0.5, 0.6) is 0 Å². The van der Waals surface area contributed by atoms with Gasteiger partial charge in [0.05, 0.1) is 29.1 Å². The van der Waals surface area contributed by atoms with E-state index in [0.717, 1.165) is 37.6 Å². The summed E-state index contributed by atoms with van der Waals surface area (Å²) in [6, 6.07) is 26.5. The Kier molecular flexibility index (Phi) is 6.70. The third kappa shape index (κ3) is 5.32. The summed E-state index contributed by atoms with van der Waals surface area (Å²) in [4.78, 5) is 19.1. The Morgan fingerprint density at radius 1 is 0.971 bits per heavy atom. The molecule has 3 aromatic carbocycles. The van der Waals surface area contributed by atoms with Gasteiger partial charge in [-0.25, -0.2) is 0 Å². The average Bonchev–Trinajstić information content (AvgIpc) is 3.31. The van der Waals surface area contributed by atoms with E-state index < -0.39 is 0 Å². The van der Waals surface area contributed by atoms with Crippen molar-refractivity contribution in [2.45, 2.75) is 16.4 Å². The number of aliphatic hydroxyl groups excluding tert-OH is 1. The molecule has 0 aliphatic heterocycles. The van der Waals surface area contributed by atoms with Crippen LogP contribution in [0, 0.1) is 0 Å². The predicted octanol–water partition coefficient (Wildman–Crippen LogP) is 6.02. The van der Waals surface area contributed by atoms with E-state index in [2.05, 4.69) is 20.5 Å². The topological polar surface area (TPSA) is 90.9 Å². The molecule has 172 valence electrons. The van der Waals surface area contributed by atoms with E-state index in [1.807, 2.05) is 72.8 Å². The lowest BCUT2D eigenvalue weighted by molar-refractivity contribution is 0.102. The summed E-state index contributed by atoms with van der Waals surface area (Å²) >= 11 is 1.52. The molecule has 2 heterocycles. The molecule has 5 rings (SSSR count). The SMILES string of the molecule is O=C(Nc1ccc(CO)cc1)c1ccccc1Sc1ccc2c(/C=C/c3ccccn3)n[nH]c2c1. The number of pyridine rings is 1. The first kappa shape index (κ1) is 22.6. The Morgan fingerprint density at radius 2 is 1.80 bits per heavy atom. The molecule has 3 N–H and O–H groups in total. The van der Waals surface area contributed by atoms with E-state index in [4.69, 9.17) is 0 Å². The van der Waals surface area contributed by atoms with Gasteiger partial charge in [0.15, 0.2) is 0 Å². The number of aliphatic hydroxyl groups is 1. The molecule has 1 amide bonds. The van der Waals surface area contributed by atoms with Crippen LogP contribution in [0.2, 0.25) is 0 Å². The predicted molar refractivity (Wildman–Crippen MR) is 140 cm³/mol. The molecular weight excluding hydrogens is 456 g/mol. The molecule has 0 spiro atoms. The molecule has 7 heteroatoms. The largest absolute Gasteiger partial charge is 0.392 e. The van der Waals surface area contributed by atoms with Crippen LogP contribution in [0.25, 0.3) is 23.1 Å². The molecule has 0 aliphatic carbocycles. The highest BCUT2D eigenvalue weighted by Crippen LogP contribution is 2.33. The van der Waals surface area contributed by atoms with Crippen molar-refractivity contribution < 1.29 is 9.90 Å². The van der Waals surface area contributed by atoms with Crippen molar-refractivity contribution in [2.75, 3.05) is 5.32 Å². The van der Waals surface area contributed by atoms with Crippen LogP contribution in [0.15, 0.2) is 101 Å². The van der Waals surface area contributed by atoms with Gasteiger partial charge in [-0.2, -0.15) is 5.10 Å². The van der Waals surface area contributed by atoms with E-state index in [9.17, 15) is 9.90 Å². The number of anilines is 1. The van der Waals surface area contributed by atoms with E-state index in [1.54, 1.807) is 30.5 Å². The molecule has 2 aromatic heterocycles. The summed E-state index contributed by atoms with van der Waals surface area (Å²) in [5.41, 5.74) is 4.69. The van der Waals surface area contributed by atoms with Crippen molar-refractivity contribution in [1.82, 2.24) is 15.2 Å². The highest BCUT2D eigenvalue weighted by molar-refractivity contribution is 7.99. The fourth-order valence-corrected chi connectivity index (χ4v) is 4.60. The number of nitrogens with zero attached hydrogens (tertiary/aromatic N) is 2. The maximum Gasteiger partial charge on any atom is 0.256 e. The number of fused-ring (bicyclic) bond motifs is 1. The third-order valence-electron chi connectivity index (χ3n) is 5.42. The minimum Gasteiger partial charge on any atom is -0.392 e. The average molecular weight is 479 g/mol. The highest BCUT2D eigenvalue weighted by atomic mass is 32.2. The summed E-state index contributed by atoms with van der Waals surface area (Å²) in [5.74, 6) is -0.186. The molecule has 6 nitrogen and oxygen atoms in total. The van der Waals surface area contributed by atoms with Gasteiger partial charge in [0.1, 0.15) is 0 Å². The van der Waals surface area contributed by atoms with Crippen LogP contribution >= 0.6 is 11.8 Å². The van der Waals surface area contributed by atoms with Crippen LogP contribution in [-0.2, 0) is 6.61 Å². The van der Waals surface area contributed by atoms with Crippen LogP contribution in [0.4, 0.5) is 5.69 Å². The zero-order valence-corrected chi connectivity index (χ0v) is 19.5. The molecular formula is C28H22N4O2S. The summed E-state index contributed by atoms with van der Waals surface area (Å²) in [7, 11) is 0. The zero-order valence-electron chi connectivity index (χ0n) is 18.7. The number of amides is 1. The minimum absolute atomic E-state index is 0.0314. The van der Waals surface area contributed by atoms with E-state index in [0.29, 0.717) is 11.3 Å². The summed E-state index contributed by atoms with van der Waals surface area (Å²) < 4.78 is 0. The lowest BCUT2D eigenvalue weighted by Crippen LogP contribution is -2.12. The van der Waals surface area contributed by atoms with Gasteiger partial charge in [-0.3, -0.25) is 14.9 Å². The smallest absolute Gasteiger partial charge is 0.256 e. The number of hydrogen-bond acceptors (Lipinski definition) is 5. The Labute approximate surface area is 206 Å². The van der Waals surface area contributed by atoms with E-state index >= 15 is 0 Å². The first-order valence-corrected chi connectivity index (χ1v) is 11.9. The Hall–Kier alpha value is -4.20. The van der Waals surface area contributed by atoms with Gasteiger partial charge >= 0.3 is 0 Å². The number of hydrogen-bond donors (Lipinski definition) is 3. The second-order valence-electron chi connectivity index (χ2n) is 7.81. The number of nitrogens with one attached hydrogen (secondary N) is 2. The standard InChI is InChI=1S/C28H22N4O2S/c33-18-19-8-10-21(11-9-19)30-28(34)24-6-1-2-7-27(24)35-22-13-14-23-25(31-32-26(23)17-22)15-12-20-5-3-4-16-29-20/h1-17,33H,18H2,(H,30,34)(H,31,32)/b15-12+. The molecule has 0 radical (unpaired) electrons. The van der Waals surface area contributed by atoms with Crippen LogP contribution in [-0.4, -0.2) is 26.2 Å². The molecule has 0 unspecified atom stereocenters. The van der Waals surface area contributed by atoms with Crippen LogP contribution in [0.1, 0.15) is 27.3 Å². The number of H-pyrrole nitrogens is 1. The van der Waals surface area contributed by atoms with Crippen molar-refractivity contribution in [3.63, 3.8) is 0 Å². The highest BCUT2D eigenvalue weighted by Gasteiger charge is 2.13. The second-order valence-corrected chi connectivity index (χ2v) is 8.93. The van der Waals surface area contributed by atoms with Gasteiger partial charge in [0.2, 0.25) is 0 Å². The van der Waals surface area contributed by atoms with Crippen molar-refractivity contribution in [3.05, 3.63) is 114 Å². The van der Waals surface area contributed by atoms with Gasteiger partial charge in [-0.05, 0) is 72.3 Å². The van der Waals surface area contributed by atoms with Gasteiger partial charge in [-0.15, -0.1) is 0 Å². The maximum absolute atomic E-state index is 13.0. The first-order chi connectivity index (χ1) is 17.2. The zero-order chi connectivity index (χ0) is 24.0. The van der Waals surface area contributed by atoms with Crippen molar-refractivity contribution in [2.24, 2.45) is 0 Å². The summed E-state index contributed by atoms with van der Waals surface area (Å²) in [6.07, 6.45) is 5.64. The molecule has 0 bridgehead atoms. The maximum atomic E-state index is 13.0. The van der Waals surface area contributed by atoms with Crippen molar-refractivity contribution in [1.29, 1.82) is 0 Å². The third-order valence-corrected chi connectivity index (χ3v) is 6.48. The van der Waals surface area contributed by atoms with Gasteiger partial charge in [0.25, 0.3) is 5.91 Å². The van der Waals surface area contributed by atoms with Gasteiger partial charge in [-0.1, -0.05) is 42.1 Å². The molecule has 0 atom stereocenters. The van der Waals surface area contributed by atoms with E-state index in [1.165, 1.54) is 11.8 Å². The number of carbonyl (C=O) groups is 1. The molecule has 0 saturated carbocycles. The molecule has 35 heavy (non-hydrogen) atoms. The fourth-order valence-electron chi connectivity index (χ4n) is 3.61. The lowest BCUT2D eigenvalue weighted by atomic mass is 10.2. The van der Waals surface area contributed by atoms with Crippen molar-refractivity contribution >= 4 is 46.4 Å². The lowest BCUT2D eigenvalue weighted by Gasteiger charge is -2.10. The molecule has 5 aromatic rings. The van der Waals surface area contributed by atoms with Gasteiger partial charge in [0, 0.05) is 27.1 Å². The van der Waals surface area contributed by atoms with Crippen LogP contribution < -0.4 is 5.32 Å². The normalized spacial score (nSPS) is 11.2. The monoisotopic (exact) mass is 478 g/mol. The Bertz CT molecular complexity index is 1490. The first-order valence-electron chi connectivity index (χ1n) is 11.0. The Balaban J connectivity index is 1.34. The van der Waals surface area contributed by atoms with Crippen molar-refractivity contribution in [3.8, 4) is 0 Å². The number of rotatable bonds is 7. The number of aromatic amines is 1. The van der Waals surface area contributed by atoms with Gasteiger partial charge < -0.3 is 10.4 Å². The van der Waals surface area contributed by atoms with Crippen LogP contribution in [0.3, 0.4) is 0 Å². The molecule has 0 saturated heterocycles. The molecule has 0 aliphatic rings.